The predicted octanol–water partition coefficient (Wildman–Crippen LogP) is 2.80. The number of amides is 1. The average Bonchev–Trinajstić information content (AvgIpc) is 3.01. The summed E-state index contributed by atoms with van der Waals surface area (Å²) in [6.07, 6.45) is 1.22. The third kappa shape index (κ3) is 5.23. The van der Waals surface area contributed by atoms with Gasteiger partial charge in [0.25, 0.3) is 5.92 Å². The SMILES string of the molecule is N[C@H](Cc1cc(F)c(F)cc1F)C1C[C@H]2CC[C@@H](C1)N2C(=O)CS(=O)(=O)N1CCC(F)(F)CC1. The molecule has 2 bridgehead atoms. The second-order valence-electron chi connectivity index (χ2n) is 9.65. The average molecular weight is 510 g/mol. The Labute approximate surface area is 195 Å². The van der Waals surface area contributed by atoms with Gasteiger partial charge in [-0.1, -0.05) is 0 Å². The summed E-state index contributed by atoms with van der Waals surface area (Å²) in [5.74, 6) is -7.60. The third-order valence-corrected chi connectivity index (χ3v) is 9.12. The molecule has 0 aliphatic carbocycles. The van der Waals surface area contributed by atoms with Crippen molar-refractivity contribution in [1.29, 1.82) is 0 Å². The summed E-state index contributed by atoms with van der Waals surface area (Å²) >= 11 is 0. The molecule has 1 aromatic rings. The highest BCUT2D eigenvalue weighted by Gasteiger charge is 2.46. The number of carbonyl (C=O) groups is 1. The van der Waals surface area contributed by atoms with Gasteiger partial charge in [-0.15, -0.1) is 0 Å². The maximum atomic E-state index is 14.0. The van der Waals surface area contributed by atoms with Crippen molar-refractivity contribution in [3.05, 3.63) is 35.1 Å². The maximum absolute atomic E-state index is 14.0. The highest BCUT2D eigenvalue weighted by atomic mass is 32.2. The van der Waals surface area contributed by atoms with Gasteiger partial charge >= 0.3 is 0 Å². The van der Waals surface area contributed by atoms with E-state index >= 15 is 0 Å². The number of sulfonamides is 1. The predicted molar refractivity (Wildman–Crippen MR) is 114 cm³/mol. The monoisotopic (exact) mass is 509 g/mol. The molecule has 1 unspecified atom stereocenters. The van der Waals surface area contributed by atoms with E-state index in [1.807, 2.05) is 0 Å². The van der Waals surface area contributed by atoms with Crippen molar-refractivity contribution in [3.8, 4) is 0 Å². The number of hydrogen-bond donors (Lipinski definition) is 1. The van der Waals surface area contributed by atoms with Crippen molar-refractivity contribution in [3.63, 3.8) is 0 Å². The van der Waals surface area contributed by atoms with Gasteiger partial charge in [0.05, 0.1) is 0 Å². The zero-order chi connectivity index (χ0) is 24.8. The molecule has 3 heterocycles. The Morgan fingerprint density at radius 2 is 1.59 bits per heavy atom. The van der Waals surface area contributed by atoms with Crippen LogP contribution in [-0.4, -0.2) is 66.4 Å². The molecule has 0 saturated carbocycles. The van der Waals surface area contributed by atoms with Crippen LogP contribution in [0.3, 0.4) is 0 Å². The lowest BCUT2D eigenvalue weighted by atomic mass is 9.82. The van der Waals surface area contributed by atoms with E-state index in [9.17, 15) is 35.2 Å². The fourth-order valence-corrected chi connectivity index (χ4v) is 6.91. The molecule has 2 N–H and O–H groups in total. The van der Waals surface area contributed by atoms with Gasteiger partial charge < -0.3 is 10.6 Å². The summed E-state index contributed by atoms with van der Waals surface area (Å²) in [4.78, 5) is 14.5. The van der Waals surface area contributed by atoms with Crippen molar-refractivity contribution in [2.24, 2.45) is 11.7 Å². The molecule has 1 amide bonds. The molecular weight excluding hydrogens is 481 g/mol. The van der Waals surface area contributed by atoms with Crippen LogP contribution in [0.15, 0.2) is 12.1 Å². The molecule has 34 heavy (non-hydrogen) atoms. The van der Waals surface area contributed by atoms with Crippen LogP contribution >= 0.6 is 0 Å². The van der Waals surface area contributed by atoms with E-state index in [1.54, 1.807) is 4.90 Å². The van der Waals surface area contributed by atoms with Crippen LogP contribution in [0.5, 0.6) is 0 Å². The van der Waals surface area contributed by atoms with Crippen LogP contribution in [0.1, 0.15) is 44.1 Å². The molecule has 190 valence electrons. The van der Waals surface area contributed by atoms with Crippen molar-refractivity contribution < 1.29 is 35.2 Å². The molecule has 0 radical (unpaired) electrons. The Morgan fingerprint density at radius 3 is 2.18 bits per heavy atom. The van der Waals surface area contributed by atoms with E-state index < -0.39 is 63.9 Å². The number of benzene rings is 1. The first-order valence-corrected chi connectivity index (χ1v) is 13.0. The summed E-state index contributed by atoms with van der Waals surface area (Å²) in [6, 6.07) is 0.306. The molecule has 3 aliphatic heterocycles. The van der Waals surface area contributed by atoms with E-state index in [2.05, 4.69) is 0 Å². The number of halogens is 5. The molecule has 0 spiro atoms. The van der Waals surface area contributed by atoms with Gasteiger partial charge in [0.1, 0.15) is 11.6 Å². The first-order chi connectivity index (χ1) is 15.9. The zero-order valence-electron chi connectivity index (χ0n) is 18.5. The Kier molecular flexibility index (Phi) is 6.96. The lowest BCUT2D eigenvalue weighted by molar-refractivity contribution is -0.133. The minimum absolute atomic E-state index is 0.00899. The number of nitrogens with two attached hydrogens (primary N) is 1. The van der Waals surface area contributed by atoms with E-state index in [-0.39, 0.29) is 43.1 Å². The molecule has 3 aliphatic rings. The molecule has 0 aromatic heterocycles. The van der Waals surface area contributed by atoms with Crippen molar-refractivity contribution in [2.75, 3.05) is 18.8 Å². The standard InChI is InChI=1S/C22H28F5N3O3S/c23-17-11-19(25)18(24)9-13(17)10-20(28)14-7-15-1-2-16(8-14)30(15)21(31)12-34(32,33)29-5-3-22(26,27)4-6-29/h9,11,14-16,20H,1-8,10,12,28H2/t14?,15-,16+,20-/m1/s1. The summed E-state index contributed by atoms with van der Waals surface area (Å²) in [5.41, 5.74) is 6.26. The topological polar surface area (TPSA) is 83.7 Å². The molecule has 3 saturated heterocycles. The van der Waals surface area contributed by atoms with Crippen molar-refractivity contribution in [1.82, 2.24) is 9.21 Å². The van der Waals surface area contributed by atoms with Gasteiger partial charge in [-0.3, -0.25) is 4.79 Å². The number of alkyl halides is 2. The number of piperidine rings is 2. The summed E-state index contributed by atoms with van der Waals surface area (Å²) < 4.78 is 93.8. The Bertz CT molecular complexity index is 1030. The van der Waals surface area contributed by atoms with Crippen LogP contribution in [0.4, 0.5) is 22.0 Å². The largest absolute Gasteiger partial charge is 0.336 e. The van der Waals surface area contributed by atoms with Crippen LogP contribution in [0.25, 0.3) is 0 Å². The molecule has 6 nitrogen and oxygen atoms in total. The van der Waals surface area contributed by atoms with Crippen LogP contribution in [-0.2, 0) is 21.2 Å². The molecule has 12 heteroatoms. The first-order valence-electron chi connectivity index (χ1n) is 11.4. The number of fused-ring (bicyclic) bond motifs is 2. The summed E-state index contributed by atoms with van der Waals surface area (Å²) in [6.45, 7) is -0.625. The Hall–Kier alpha value is -1.79. The minimum Gasteiger partial charge on any atom is -0.336 e. The third-order valence-electron chi connectivity index (χ3n) is 7.36. The fraction of sp³-hybridized carbons (Fsp3) is 0.682. The fourth-order valence-electron chi connectivity index (χ4n) is 5.53. The number of rotatable bonds is 6. The number of carbonyl (C=O) groups excluding carboxylic acids is 1. The number of nitrogens with zero attached hydrogens (tertiary/aromatic N) is 2. The molecular formula is C22H28F5N3O3S. The number of hydrogen-bond acceptors (Lipinski definition) is 4. The second-order valence-corrected chi connectivity index (χ2v) is 11.6. The van der Waals surface area contributed by atoms with Gasteiger partial charge in [-0.25, -0.2) is 34.7 Å². The molecule has 4 rings (SSSR count). The highest BCUT2D eigenvalue weighted by Crippen LogP contribution is 2.40. The van der Waals surface area contributed by atoms with E-state index in [4.69, 9.17) is 5.73 Å². The highest BCUT2D eigenvalue weighted by molar-refractivity contribution is 7.89. The zero-order valence-corrected chi connectivity index (χ0v) is 19.3. The van der Waals surface area contributed by atoms with E-state index in [0.29, 0.717) is 31.7 Å². The summed E-state index contributed by atoms with van der Waals surface area (Å²) in [7, 11) is -4.01. The quantitative estimate of drug-likeness (QED) is 0.472. The van der Waals surface area contributed by atoms with Crippen LogP contribution < -0.4 is 5.73 Å². The van der Waals surface area contributed by atoms with Gasteiger partial charge in [-0.05, 0) is 49.7 Å². The minimum atomic E-state index is -4.01. The van der Waals surface area contributed by atoms with Crippen molar-refractivity contribution >= 4 is 15.9 Å². The molecule has 1 aromatic carbocycles. The smallest absolute Gasteiger partial charge is 0.250 e. The van der Waals surface area contributed by atoms with Gasteiger partial charge in [0.2, 0.25) is 15.9 Å². The molecule has 3 fully saturated rings. The lowest BCUT2D eigenvalue weighted by Gasteiger charge is -2.41. The molecule has 4 atom stereocenters. The van der Waals surface area contributed by atoms with Crippen LogP contribution in [0, 0.1) is 23.4 Å². The Balaban J connectivity index is 1.37. The van der Waals surface area contributed by atoms with E-state index in [1.165, 1.54) is 0 Å². The van der Waals surface area contributed by atoms with Crippen LogP contribution in [0.2, 0.25) is 0 Å². The first kappa shape index (κ1) is 25.3. The van der Waals surface area contributed by atoms with Gasteiger partial charge in [0.15, 0.2) is 11.6 Å². The van der Waals surface area contributed by atoms with Gasteiger partial charge in [0, 0.05) is 50.1 Å². The second kappa shape index (κ2) is 9.34. The normalized spacial score (nSPS) is 28.2. The maximum Gasteiger partial charge on any atom is 0.250 e. The lowest BCUT2D eigenvalue weighted by Crippen LogP contribution is -2.53. The van der Waals surface area contributed by atoms with Gasteiger partial charge in [-0.2, -0.15) is 0 Å². The van der Waals surface area contributed by atoms with E-state index in [0.717, 1.165) is 10.4 Å². The summed E-state index contributed by atoms with van der Waals surface area (Å²) in [5, 5.41) is 0. The Morgan fingerprint density at radius 1 is 1.03 bits per heavy atom. The van der Waals surface area contributed by atoms with Crippen molar-refractivity contribution in [2.45, 2.75) is 69.0 Å².